The number of benzene rings is 1. The van der Waals surface area contributed by atoms with Crippen LogP contribution in [0.1, 0.15) is 18.6 Å². The van der Waals surface area contributed by atoms with Gasteiger partial charge < -0.3 is 4.74 Å². The van der Waals surface area contributed by atoms with Gasteiger partial charge in [-0.05, 0) is 12.5 Å². The molecule has 0 spiro atoms. The summed E-state index contributed by atoms with van der Waals surface area (Å²) in [7, 11) is 3.63. The fourth-order valence-corrected chi connectivity index (χ4v) is 1.59. The minimum Gasteiger partial charge on any atom is -0.439 e. The first kappa shape index (κ1) is 9.06. The van der Waals surface area contributed by atoms with Gasteiger partial charge in [-0.25, -0.2) is 4.79 Å². The SMILES string of the molecule is [CH2]N1C(=O)O[C@H](c2ccccc2)[C@@H]1C. The Bertz CT molecular complexity index is 336. The molecule has 1 heterocycles. The molecule has 0 aromatic heterocycles. The molecule has 1 aromatic rings. The largest absolute Gasteiger partial charge is 0.439 e. The van der Waals surface area contributed by atoms with E-state index in [0.29, 0.717) is 0 Å². The maximum atomic E-state index is 11.2. The van der Waals surface area contributed by atoms with Crippen LogP contribution in [0, 0.1) is 7.05 Å². The van der Waals surface area contributed by atoms with Crippen molar-refractivity contribution >= 4 is 6.09 Å². The molecule has 1 aliphatic rings. The summed E-state index contributed by atoms with van der Waals surface area (Å²) in [5.74, 6) is 0. The first-order chi connectivity index (χ1) is 6.70. The Kier molecular flexibility index (Phi) is 2.15. The number of cyclic esters (lactones) is 1. The zero-order chi connectivity index (χ0) is 10.1. The smallest absolute Gasteiger partial charge is 0.410 e. The van der Waals surface area contributed by atoms with Crippen LogP contribution in [0.2, 0.25) is 0 Å². The van der Waals surface area contributed by atoms with Crippen molar-refractivity contribution in [1.82, 2.24) is 4.90 Å². The highest BCUT2D eigenvalue weighted by atomic mass is 16.6. The number of carbonyl (C=O) groups is 1. The lowest BCUT2D eigenvalue weighted by Gasteiger charge is -2.16. The predicted molar refractivity (Wildman–Crippen MR) is 52.3 cm³/mol. The summed E-state index contributed by atoms with van der Waals surface area (Å²) in [6, 6.07) is 9.70. The van der Waals surface area contributed by atoms with Crippen LogP contribution in [0.4, 0.5) is 4.79 Å². The summed E-state index contributed by atoms with van der Waals surface area (Å²) in [5.41, 5.74) is 1.01. The zero-order valence-corrected chi connectivity index (χ0v) is 8.01. The summed E-state index contributed by atoms with van der Waals surface area (Å²) in [6.45, 7) is 1.93. The lowest BCUT2D eigenvalue weighted by atomic mass is 10.0. The second kappa shape index (κ2) is 3.33. The molecule has 1 aromatic carbocycles. The second-order valence-corrected chi connectivity index (χ2v) is 3.43. The Morgan fingerprint density at radius 3 is 2.50 bits per heavy atom. The topological polar surface area (TPSA) is 29.5 Å². The van der Waals surface area contributed by atoms with Crippen molar-refractivity contribution in [2.24, 2.45) is 0 Å². The summed E-state index contributed by atoms with van der Waals surface area (Å²) in [6.07, 6.45) is -0.549. The van der Waals surface area contributed by atoms with Gasteiger partial charge in [0.2, 0.25) is 0 Å². The average molecular weight is 190 g/mol. The van der Waals surface area contributed by atoms with E-state index in [1.54, 1.807) is 0 Å². The van der Waals surface area contributed by atoms with Crippen LogP contribution in [0.3, 0.4) is 0 Å². The fourth-order valence-electron chi connectivity index (χ4n) is 1.59. The minimum absolute atomic E-state index is 0.00935. The van der Waals surface area contributed by atoms with Crippen molar-refractivity contribution in [3.05, 3.63) is 42.9 Å². The maximum absolute atomic E-state index is 11.2. The summed E-state index contributed by atoms with van der Waals surface area (Å²) in [5, 5.41) is 0. The van der Waals surface area contributed by atoms with Gasteiger partial charge in [-0.15, -0.1) is 0 Å². The highest BCUT2D eigenvalue weighted by Crippen LogP contribution is 2.31. The van der Waals surface area contributed by atoms with Crippen LogP contribution < -0.4 is 0 Å². The Hall–Kier alpha value is -1.51. The third-order valence-electron chi connectivity index (χ3n) is 2.52. The molecule has 1 radical (unpaired) electrons. The second-order valence-electron chi connectivity index (χ2n) is 3.43. The van der Waals surface area contributed by atoms with Crippen molar-refractivity contribution in [1.29, 1.82) is 0 Å². The fraction of sp³-hybridized carbons (Fsp3) is 0.273. The summed E-state index contributed by atoms with van der Waals surface area (Å²) in [4.78, 5) is 12.6. The van der Waals surface area contributed by atoms with Crippen molar-refractivity contribution in [2.75, 3.05) is 0 Å². The molecular weight excluding hydrogens is 178 g/mol. The Labute approximate surface area is 83.3 Å². The standard InChI is InChI=1S/C11H12NO2/c1-8-10(14-11(13)12(8)2)9-6-4-3-5-7-9/h3-8,10H,2H2,1H3/t8-,10-/m0/s1. The van der Waals surface area contributed by atoms with Gasteiger partial charge in [0, 0.05) is 7.05 Å². The molecule has 73 valence electrons. The van der Waals surface area contributed by atoms with Gasteiger partial charge in [0.1, 0.15) is 6.10 Å². The molecule has 0 unspecified atom stereocenters. The molecule has 0 N–H and O–H groups in total. The van der Waals surface area contributed by atoms with Gasteiger partial charge in [-0.1, -0.05) is 30.3 Å². The summed E-state index contributed by atoms with van der Waals surface area (Å²) >= 11 is 0. The van der Waals surface area contributed by atoms with Gasteiger partial charge in [0.05, 0.1) is 6.04 Å². The number of rotatable bonds is 1. The quantitative estimate of drug-likeness (QED) is 0.680. The lowest BCUT2D eigenvalue weighted by molar-refractivity contribution is 0.132. The number of hydrogen-bond acceptors (Lipinski definition) is 2. The van der Waals surface area contributed by atoms with Gasteiger partial charge in [-0.3, -0.25) is 4.90 Å². The van der Waals surface area contributed by atoms with Crippen molar-refractivity contribution in [2.45, 2.75) is 19.1 Å². The van der Waals surface area contributed by atoms with E-state index in [0.717, 1.165) is 5.56 Å². The molecule has 1 amide bonds. The normalized spacial score (nSPS) is 26.4. The van der Waals surface area contributed by atoms with E-state index < -0.39 is 0 Å². The van der Waals surface area contributed by atoms with Gasteiger partial charge in [0.25, 0.3) is 0 Å². The van der Waals surface area contributed by atoms with E-state index in [9.17, 15) is 4.79 Å². The van der Waals surface area contributed by atoms with Crippen LogP contribution >= 0.6 is 0 Å². The number of ether oxygens (including phenoxy) is 1. The molecule has 0 aliphatic carbocycles. The molecular formula is C11H12NO2. The molecule has 0 bridgehead atoms. The molecule has 14 heavy (non-hydrogen) atoms. The first-order valence-electron chi connectivity index (χ1n) is 4.55. The van der Waals surface area contributed by atoms with E-state index in [4.69, 9.17) is 4.74 Å². The van der Waals surface area contributed by atoms with E-state index in [1.807, 2.05) is 37.3 Å². The van der Waals surface area contributed by atoms with E-state index in [2.05, 4.69) is 7.05 Å². The van der Waals surface area contributed by atoms with Crippen molar-refractivity contribution in [3.63, 3.8) is 0 Å². The molecule has 2 atom stereocenters. The molecule has 0 saturated carbocycles. The van der Waals surface area contributed by atoms with Crippen LogP contribution in [-0.4, -0.2) is 17.0 Å². The average Bonchev–Trinajstić information content (AvgIpc) is 2.47. The molecule has 1 fully saturated rings. The summed E-state index contributed by atoms with van der Waals surface area (Å²) < 4.78 is 5.20. The van der Waals surface area contributed by atoms with Crippen molar-refractivity contribution < 1.29 is 9.53 Å². The van der Waals surface area contributed by atoms with Crippen LogP contribution in [0.5, 0.6) is 0 Å². The minimum atomic E-state index is -0.355. The first-order valence-corrected chi connectivity index (χ1v) is 4.55. The third-order valence-corrected chi connectivity index (χ3v) is 2.52. The Morgan fingerprint density at radius 2 is 2.00 bits per heavy atom. The molecule has 3 nitrogen and oxygen atoms in total. The molecule has 1 saturated heterocycles. The number of hydrogen-bond donors (Lipinski definition) is 0. The highest BCUT2D eigenvalue weighted by molar-refractivity contribution is 5.71. The Morgan fingerprint density at radius 1 is 1.36 bits per heavy atom. The predicted octanol–water partition coefficient (Wildman–Crippen LogP) is 2.36. The number of nitrogens with zero attached hydrogens (tertiary/aromatic N) is 1. The molecule has 2 rings (SSSR count). The van der Waals surface area contributed by atoms with E-state index in [1.165, 1.54) is 4.90 Å². The van der Waals surface area contributed by atoms with Gasteiger partial charge in [0.15, 0.2) is 0 Å². The lowest BCUT2D eigenvalue weighted by Crippen LogP contribution is -2.25. The van der Waals surface area contributed by atoms with Crippen molar-refractivity contribution in [3.8, 4) is 0 Å². The van der Waals surface area contributed by atoms with Crippen LogP contribution in [0.15, 0.2) is 30.3 Å². The molecule has 1 aliphatic heterocycles. The number of carbonyl (C=O) groups excluding carboxylic acids is 1. The van der Waals surface area contributed by atoms with E-state index in [-0.39, 0.29) is 18.2 Å². The van der Waals surface area contributed by atoms with Crippen LogP contribution in [-0.2, 0) is 4.74 Å². The number of amides is 1. The van der Waals surface area contributed by atoms with E-state index >= 15 is 0 Å². The third kappa shape index (κ3) is 1.35. The highest BCUT2D eigenvalue weighted by Gasteiger charge is 2.36. The zero-order valence-electron chi connectivity index (χ0n) is 8.01. The Balaban J connectivity index is 2.26. The van der Waals surface area contributed by atoms with Gasteiger partial charge in [-0.2, -0.15) is 0 Å². The maximum Gasteiger partial charge on any atom is 0.410 e. The monoisotopic (exact) mass is 190 g/mol. The van der Waals surface area contributed by atoms with Gasteiger partial charge >= 0.3 is 6.09 Å². The van der Waals surface area contributed by atoms with Crippen LogP contribution in [0.25, 0.3) is 0 Å². The molecule has 3 heteroatoms.